The molecule has 3 saturated heterocycles. The molecule has 5 N–H and O–H groups in total. The fraction of sp³-hybridized carbons (Fsp3) is 1.00. The van der Waals surface area contributed by atoms with Gasteiger partial charge in [-0.1, -0.05) is 0 Å². The molecule has 13 heavy (non-hydrogen) atoms. The summed E-state index contributed by atoms with van der Waals surface area (Å²) in [4.78, 5) is 0. The van der Waals surface area contributed by atoms with E-state index in [2.05, 4.69) is 5.32 Å². The van der Waals surface area contributed by atoms with E-state index < -0.39 is 36.9 Å². The molecule has 2 bridgehead atoms. The molecule has 3 heterocycles. The molecule has 4 unspecified atom stereocenters. The van der Waals surface area contributed by atoms with E-state index in [0.717, 1.165) is 0 Å². The van der Waals surface area contributed by atoms with Gasteiger partial charge in [0.2, 0.25) is 0 Å². The highest BCUT2D eigenvalue weighted by atomic mass is 35.5. The fourth-order valence-corrected chi connectivity index (χ4v) is 1.80. The van der Waals surface area contributed by atoms with E-state index in [-0.39, 0.29) is 12.4 Å². The number of hydrogen-bond acceptors (Lipinski definition) is 6. The first kappa shape index (κ1) is 11.1. The van der Waals surface area contributed by atoms with Crippen molar-refractivity contribution < 1.29 is 25.2 Å². The second-order valence-electron chi connectivity index (χ2n) is 3.21. The summed E-state index contributed by atoms with van der Waals surface area (Å²) >= 11 is 0. The molecule has 0 aliphatic carbocycles. The number of hydrogen-bond donors (Lipinski definition) is 5. The van der Waals surface area contributed by atoms with Crippen LogP contribution in [0.1, 0.15) is 0 Å². The number of aliphatic hydroxyl groups excluding tert-OH is 4. The van der Waals surface area contributed by atoms with Crippen molar-refractivity contribution in [2.45, 2.75) is 23.7 Å². The molecule has 0 saturated carbocycles. The average Bonchev–Trinajstić information content (AvgIpc) is 2.34. The van der Waals surface area contributed by atoms with Crippen LogP contribution in [-0.4, -0.2) is 57.3 Å². The lowest BCUT2D eigenvalue weighted by molar-refractivity contribution is -0.300. The summed E-state index contributed by atoms with van der Waals surface area (Å²) in [5, 5.41) is 39.0. The van der Waals surface area contributed by atoms with Gasteiger partial charge in [-0.15, -0.1) is 12.4 Å². The van der Waals surface area contributed by atoms with Gasteiger partial charge in [-0.05, 0) is 0 Å². The average molecular weight is 214 g/mol. The summed E-state index contributed by atoms with van der Waals surface area (Å²) in [6.45, 7) is -0.875. The molecule has 3 aliphatic heterocycles. The van der Waals surface area contributed by atoms with E-state index in [4.69, 9.17) is 14.9 Å². The third-order valence-electron chi connectivity index (χ3n) is 2.51. The molecule has 3 rings (SSSR count). The first-order chi connectivity index (χ1) is 5.60. The van der Waals surface area contributed by atoms with E-state index >= 15 is 0 Å². The molecule has 3 fully saturated rings. The van der Waals surface area contributed by atoms with Crippen molar-refractivity contribution in [3.8, 4) is 0 Å². The molecular weight excluding hydrogens is 202 g/mol. The van der Waals surface area contributed by atoms with Gasteiger partial charge in [0.25, 0.3) is 0 Å². The number of halogens is 1. The molecular formula is C6H12ClNO5. The van der Waals surface area contributed by atoms with Crippen molar-refractivity contribution in [3.63, 3.8) is 0 Å². The predicted molar refractivity (Wildman–Crippen MR) is 43.1 cm³/mol. The number of nitrogens with one attached hydrogen (secondary N) is 1. The molecule has 0 aromatic carbocycles. The maximum absolute atomic E-state index is 9.35. The molecule has 0 amide bonds. The van der Waals surface area contributed by atoms with Gasteiger partial charge in [0.1, 0.15) is 12.2 Å². The third-order valence-corrected chi connectivity index (χ3v) is 2.51. The van der Waals surface area contributed by atoms with Gasteiger partial charge in [0, 0.05) is 0 Å². The first-order valence-corrected chi connectivity index (χ1v) is 3.67. The minimum absolute atomic E-state index is 0. The number of ether oxygens (including phenoxy) is 1. The van der Waals surface area contributed by atoms with Crippen LogP contribution in [0.3, 0.4) is 0 Å². The molecule has 4 atom stereocenters. The Morgan fingerprint density at radius 2 is 1.38 bits per heavy atom. The Balaban J connectivity index is 0.000000845. The van der Waals surface area contributed by atoms with Gasteiger partial charge < -0.3 is 25.2 Å². The van der Waals surface area contributed by atoms with Gasteiger partial charge in [-0.2, -0.15) is 0 Å². The highest BCUT2D eigenvalue weighted by molar-refractivity contribution is 5.85. The largest absolute Gasteiger partial charge is 0.392 e. The zero-order chi connectivity index (χ0) is 8.98. The Labute approximate surface area is 80.5 Å². The van der Waals surface area contributed by atoms with Gasteiger partial charge in [0.15, 0.2) is 11.4 Å². The molecule has 0 aromatic rings. The normalized spacial score (nSPS) is 52.6. The highest BCUT2D eigenvalue weighted by Gasteiger charge is 2.73. The zero-order valence-corrected chi connectivity index (χ0v) is 7.49. The summed E-state index contributed by atoms with van der Waals surface area (Å²) in [5.41, 5.74) is -2.55. The second-order valence-corrected chi connectivity index (χ2v) is 3.21. The molecule has 7 heteroatoms. The maximum Gasteiger partial charge on any atom is 0.176 e. The van der Waals surface area contributed by atoms with Crippen LogP contribution in [0.15, 0.2) is 0 Å². The van der Waals surface area contributed by atoms with E-state index in [1.165, 1.54) is 0 Å². The third kappa shape index (κ3) is 1.05. The summed E-state index contributed by atoms with van der Waals surface area (Å²) in [5.74, 6) is 0. The monoisotopic (exact) mass is 213 g/mol. The molecule has 0 radical (unpaired) electrons. The zero-order valence-electron chi connectivity index (χ0n) is 6.67. The van der Waals surface area contributed by atoms with Crippen LogP contribution in [-0.2, 0) is 4.74 Å². The van der Waals surface area contributed by atoms with Crippen molar-refractivity contribution in [1.82, 2.24) is 5.32 Å². The number of aliphatic hydroxyl groups is 4. The number of fused-ring (bicyclic) bond motifs is 1. The van der Waals surface area contributed by atoms with Crippen LogP contribution in [0, 0.1) is 0 Å². The lowest BCUT2D eigenvalue weighted by Crippen LogP contribution is -2.73. The molecule has 6 nitrogen and oxygen atoms in total. The molecule has 3 aliphatic rings. The van der Waals surface area contributed by atoms with Crippen molar-refractivity contribution in [2.75, 3.05) is 13.2 Å². The summed E-state index contributed by atoms with van der Waals surface area (Å²) in [6, 6.07) is 0. The lowest BCUT2D eigenvalue weighted by atomic mass is 10.1. The highest BCUT2D eigenvalue weighted by Crippen LogP contribution is 2.45. The maximum atomic E-state index is 9.35. The second kappa shape index (κ2) is 3.03. The SMILES string of the molecule is Cl.OCC12NC(CO)(O1)C(O)C2O. The molecule has 78 valence electrons. The van der Waals surface area contributed by atoms with Crippen LogP contribution in [0.2, 0.25) is 0 Å². The van der Waals surface area contributed by atoms with Crippen molar-refractivity contribution in [1.29, 1.82) is 0 Å². The molecule has 0 aromatic heterocycles. The van der Waals surface area contributed by atoms with E-state index in [9.17, 15) is 10.2 Å². The lowest BCUT2D eigenvalue weighted by Gasteiger charge is -2.47. The van der Waals surface area contributed by atoms with Crippen molar-refractivity contribution in [3.05, 3.63) is 0 Å². The summed E-state index contributed by atoms with van der Waals surface area (Å²) in [7, 11) is 0. The van der Waals surface area contributed by atoms with Crippen LogP contribution in [0.4, 0.5) is 0 Å². The van der Waals surface area contributed by atoms with Crippen LogP contribution in [0.25, 0.3) is 0 Å². The first-order valence-electron chi connectivity index (χ1n) is 3.67. The Hall–Kier alpha value is 0.0500. The Kier molecular flexibility index (Phi) is 2.59. The standard InChI is InChI=1S/C6H11NO5.ClH/c8-1-5-3(10)4(11)6(2-9,7-5)12-5;/h3-4,7-11H,1-2H2;1H. The quantitative estimate of drug-likeness (QED) is 0.338. The van der Waals surface area contributed by atoms with Crippen molar-refractivity contribution >= 4 is 12.4 Å². The fourth-order valence-electron chi connectivity index (χ4n) is 1.80. The van der Waals surface area contributed by atoms with Gasteiger partial charge in [-0.25, -0.2) is 0 Å². The van der Waals surface area contributed by atoms with E-state index in [1.54, 1.807) is 0 Å². The summed E-state index contributed by atoms with van der Waals surface area (Å²) < 4.78 is 5.04. The van der Waals surface area contributed by atoms with Crippen LogP contribution < -0.4 is 5.32 Å². The van der Waals surface area contributed by atoms with Crippen LogP contribution in [0.5, 0.6) is 0 Å². The van der Waals surface area contributed by atoms with E-state index in [1.807, 2.05) is 0 Å². The molecule has 0 spiro atoms. The smallest absolute Gasteiger partial charge is 0.176 e. The van der Waals surface area contributed by atoms with Crippen LogP contribution >= 0.6 is 12.4 Å². The topological polar surface area (TPSA) is 102 Å². The Morgan fingerprint density at radius 3 is 1.54 bits per heavy atom. The summed E-state index contributed by atoms with van der Waals surface area (Å²) in [6.07, 6.45) is -2.40. The Morgan fingerprint density at radius 1 is 1.08 bits per heavy atom. The minimum atomic E-state index is -1.28. The predicted octanol–water partition coefficient (Wildman–Crippen LogP) is -2.86. The number of rotatable bonds is 2. The van der Waals surface area contributed by atoms with Crippen molar-refractivity contribution in [2.24, 2.45) is 0 Å². The van der Waals surface area contributed by atoms with Gasteiger partial charge in [-0.3, -0.25) is 5.32 Å². The Bertz CT molecular complexity index is 187. The van der Waals surface area contributed by atoms with Gasteiger partial charge in [0.05, 0.1) is 13.2 Å². The minimum Gasteiger partial charge on any atom is -0.392 e. The van der Waals surface area contributed by atoms with Gasteiger partial charge >= 0.3 is 0 Å². The van der Waals surface area contributed by atoms with E-state index in [0.29, 0.717) is 0 Å².